The van der Waals surface area contributed by atoms with Crippen molar-refractivity contribution >= 4 is 28.6 Å². The molecule has 0 aliphatic heterocycles. The van der Waals surface area contributed by atoms with Gasteiger partial charge in [-0.3, -0.25) is 4.68 Å². The maximum Gasteiger partial charge on any atom is 0.0738 e. The Labute approximate surface area is 99.6 Å². The molecule has 0 amide bonds. The van der Waals surface area contributed by atoms with Crippen LogP contribution in [-0.2, 0) is 6.54 Å². The molecule has 4 heteroatoms. The number of aromatic nitrogens is 2. The standard InChI is InChI=1S/C10H17BrN2S/c1-7-9(11)8(2)13(12-7)5-10(3,4)6-14/h14H,5-6H2,1-4H3. The van der Waals surface area contributed by atoms with Crippen LogP contribution in [-0.4, -0.2) is 15.5 Å². The van der Waals surface area contributed by atoms with E-state index in [1.807, 2.05) is 6.92 Å². The van der Waals surface area contributed by atoms with Crippen molar-refractivity contribution in [1.82, 2.24) is 9.78 Å². The van der Waals surface area contributed by atoms with Gasteiger partial charge in [-0.1, -0.05) is 13.8 Å². The van der Waals surface area contributed by atoms with E-state index in [4.69, 9.17) is 0 Å². The zero-order chi connectivity index (χ0) is 10.9. The molecular formula is C10H17BrN2S. The van der Waals surface area contributed by atoms with Gasteiger partial charge in [0.05, 0.1) is 10.2 Å². The molecule has 0 saturated carbocycles. The van der Waals surface area contributed by atoms with E-state index < -0.39 is 0 Å². The lowest BCUT2D eigenvalue weighted by atomic mass is 9.96. The molecule has 0 spiro atoms. The van der Waals surface area contributed by atoms with Crippen LogP contribution in [0.25, 0.3) is 0 Å². The van der Waals surface area contributed by atoms with Crippen LogP contribution in [0.5, 0.6) is 0 Å². The minimum Gasteiger partial charge on any atom is -0.268 e. The summed E-state index contributed by atoms with van der Waals surface area (Å²) in [6.07, 6.45) is 0. The van der Waals surface area contributed by atoms with Crippen LogP contribution in [0.3, 0.4) is 0 Å². The third-order valence-corrected chi connectivity index (χ3v) is 4.30. The van der Waals surface area contributed by atoms with Crippen molar-refractivity contribution in [3.63, 3.8) is 0 Å². The second-order valence-corrected chi connectivity index (χ2v) is 5.57. The molecule has 0 aliphatic carbocycles. The maximum absolute atomic E-state index is 4.48. The lowest BCUT2D eigenvalue weighted by Crippen LogP contribution is -2.23. The van der Waals surface area contributed by atoms with Crippen LogP contribution in [0.4, 0.5) is 0 Å². The Bertz CT molecular complexity index is 331. The molecule has 1 rings (SSSR count). The number of rotatable bonds is 3. The van der Waals surface area contributed by atoms with Crippen LogP contribution in [0.1, 0.15) is 25.2 Å². The molecule has 14 heavy (non-hydrogen) atoms. The van der Waals surface area contributed by atoms with Crippen molar-refractivity contribution in [2.75, 3.05) is 5.75 Å². The van der Waals surface area contributed by atoms with Gasteiger partial charge in [0.15, 0.2) is 0 Å². The summed E-state index contributed by atoms with van der Waals surface area (Å²) in [5.41, 5.74) is 2.43. The van der Waals surface area contributed by atoms with Gasteiger partial charge in [0.1, 0.15) is 0 Å². The first-order valence-electron chi connectivity index (χ1n) is 4.68. The predicted octanol–water partition coefficient (Wildman–Crippen LogP) is 3.22. The fourth-order valence-corrected chi connectivity index (χ4v) is 1.67. The van der Waals surface area contributed by atoms with Crippen molar-refractivity contribution in [3.8, 4) is 0 Å². The van der Waals surface area contributed by atoms with Gasteiger partial charge in [-0.25, -0.2) is 0 Å². The molecule has 0 radical (unpaired) electrons. The van der Waals surface area contributed by atoms with Gasteiger partial charge in [0.2, 0.25) is 0 Å². The van der Waals surface area contributed by atoms with E-state index in [-0.39, 0.29) is 5.41 Å². The Morgan fingerprint density at radius 2 is 2.00 bits per heavy atom. The monoisotopic (exact) mass is 276 g/mol. The van der Waals surface area contributed by atoms with Crippen LogP contribution in [0.15, 0.2) is 4.47 Å². The Balaban J connectivity index is 2.93. The Kier molecular flexibility index (Phi) is 3.69. The molecular weight excluding hydrogens is 260 g/mol. The molecule has 0 bridgehead atoms. The molecule has 0 saturated heterocycles. The van der Waals surface area contributed by atoms with Gasteiger partial charge in [0.25, 0.3) is 0 Å². The van der Waals surface area contributed by atoms with E-state index in [1.165, 1.54) is 5.69 Å². The Morgan fingerprint density at radius 1 is 1.43 bits per heavy atom. The second kappa shape index (κ2) is 4.27. The van der Waals surface area contributed by atoms with Gasteiger partial charge in [-0.2, -0.15) is 17.7 Å². The summed E-state index contributed by atoms with van der Waals surface area (Å²) in [6, 6.07) is 0. The highest BCUT2D eigenvalue weighted by Crippen LogP contribution is 2.24. The summed E-state index contributed by atoms with van der Waals surface area (Å²) in [6.45, 7) is 9.41. The molecule has 2 nitrogen and oxygen atoms in total. The summed E-state index contributed by atoms with van der Waals surface area (Å²) in [4.78, 5) is 0. The number of aryl methyl sites for hydroxylation is 1. The Morgan fingerprint density at radius 3 is 2.36 bits per heavy atom. The van der Waals surface area contributed by atoms with Crippen LogP contribution in [0.2, 0.25) is 0 Å². The van der Waals surface area contributed by atoms with Crippen molar-refractivity contribution < 1.29 is 0 Å². The highest BCUT2D eigenvalue weighted by atomic mass is 79.9. The number of nitrogens with zero attached hydrogens (tertiary/aromatic N) is 2. The third kappa shape index (κ3) is 2.54. The van der Waals surface area contributed by atoms with Gasteiger partial charge < -0.3 is 0 Å². The molecule has 1 aromatic rings. The van der Waals surface area contributed by atoms with Crippen LogP contribution >= 0.6 is 28.6 Å². The van der Waals surface area contributed by atoms with Crippen molar-refractivity contribution in [2.24, 2.45) is 5.41 Å². The summed E-state index contributed by atoms with van der Waals surface area (Å²) >= 11 is 7.87. The minimum atomic E-state index is 0.186. The Hall–Kier alpha value is 0.0400. The van der Waals surface area contributed by atoms with Crippen molar-refractivity contribution in [1.29, 1.82) is 0 Å². The molecule has 0 aromatic carbocycles. The molecule has 0 aliphatic rings. The molecule has 80 valence electrons. The maximum atomic E-state index is 4.48. The van der Waals surface area contributed by atoms with Gasteiger partial charge in [-0.05, 0) is 40.9 Å². The van der Waals surface area contributed by atoms with Crippen LogP contribution < -0.4 is 0 Å². The average molecular weight is 277 g/mol. The average Bonchev–Trinajstić information content (AvgIpc) is 2.33. The summed E-state index contributed by atoms with van der Waals surface area (Å²) < 4.78 is 3.17. The topological polar surface area (TPSA) is 17.8 Å². The fraction of sp³-hybridized carbons (Fsp3) is 0.700. The zero-order valence-electron chi connectivity index (χ0n) is 9.13. The van der Waals surface area contributed by atoms with E-state index >= 15 is 0 Å². The highest BCUT2D eigenvalue weighted by molar-refractivity contribution is 9.10. The molecule has 0 unspecified atom stereocenters. The van der Waals surface area contributed by atoms with Crippen LogP contribution in [0, 0.1) is 19.3 Å². The second-order valence-electron chi connectivity index (χ2n) is 4.46. The lowest BCUT2D eigenvalue weighted by molar-refractivity contribution is 0.329. The highest BCUT2D eigenvalue weighted by Gasteiger charge is 2.19. The van der Waals surface area contributed by atoms with Gasteiger partial charge in [-0.15, -0.1) is 0 Å². The van der Waals surface area contributed by atoms with E-state index in [2.05, 4.69) is 59.1 Å². The quantitative estimate of drug-likeness (QED) is 0.840. The largest absolute Gasteiger partial charge is 0.268 e. The smallest absolute Gasteiger partial charge is 0.0738 e. The summed E-state index contributed by atoms with van der Waals surface area (Å²) in [7, 11) is 0. The van der Waals surface area contributed by atoms with E-state index in [1.54, 1.807) is 0 Å². The lowest BCUT2D eigenvalue weighted by Gasteiger charge is -2.22. The van der Waals surface area contributed by atoms with E-state index in [9.17, 15) is 0 Å². The van der Waals surface area contributed by atoms with Crippen molar-refractivity contribution in [3.05, 3.63) is 15.9 Å². The van der Waals surface area contributed by atoms with E-state index in [0.29, 0.717) is 0 Å². The molecule has 1 heterocycles. The minimum absolute atomic E-state index is 0.186. The summed E-state index contributed by atoms with van der Waals surface area (Å²) in [5, 5.41) is 4.48. The molecule has 0 N–H and O–H groups in total. The van der Waals surface area contributed by atoms with E-state index in [0.717, 1.165) is 22.5 Å². The predicted molar refractivity (Wildman–Crippen MR) is 67.0 cm³/mol. The molecule has 0 atom stereocenters. The van der Waals surface area contributed by atoms with Gasteiger partial charge in [0, 0.05) is 12.2 Å². The first-order valence-corrected chi connectivity index (χ1v) is 6.10. The number of halogens is 1. The summed E-state index contributed by atoms with van der Waals surface area (Å²) in [5.74, 6) is 0.864. The first kappa shape index (κ1) is 12.1. The fourth-order valence-electron chi connectivity index (χ4n) is 1.28. The first-order chi connectivity index (χ1) is 6.37. The van der Waals surface area contributed by atoms with Crippen molar-refractivity contribution in [2.45, 2.75) is 34.2 Å². The number of hydrogen-bond donors (Lipinski definition) is 1. The SMILES string of the molecule is Cc1nn(CC(C)(C)CS)c(C)c1Br. The number of thiol groups is 1. The third-order valence-electron chi connectivity index (χ3n) is 2.30. The zero-order valence-corrected chi connectivity index (χ0v) is 11.6. The molecule has 0 fully saturated rings. The molecule has 1 aromatic heterocycles. The number of hydrogen-bond acceptors (Lipinski definition) is 2. The van der Waals surface area contributed by atoms with Gasteiger partial charge >= 0.3 is 0 Å². The normalized spacial score (nSPS) is 12.1.